The number of halogens is 1. The predicted octanol–water partition coefficient (Wildman–Crippen LogP) is 0.941. The fourth-order valence-corrected chi connectivity index (χ4v) is 3.29. The largest absolute Gasteiger partial charge is 0.373 e. The summed E-state index contributed by atoms with van der Waals surface area (Å²) < 4.78 is 5.78. The van der Waals surface area contributed by atoms with Crippen molar-refractivity contribution in [3.8, 4) is 0 Å². The van der Waals surface area contributed by atoms with E-state index >= 15 is 0 Å². The Bertz CT molecular complexity index is 232. The first-order valence-corrected chi connectivity index (χ1v) is 7.01. The van der Waals surface area contributed by atoms with Crippen molar-refractivity contribution in [3.05, 3.63) is 0 Å². The minimum Gasteiger partial charge on any atom is -0.373 e. The molecule has 18 heavy (non-hydrogen) atoms. The van der Waals surface area contributed by atoms with Crippen molar-refractivity contribution >= 4 is 12.4 Å². The first kappa shape index (κ1) is 16.2. The van der Waals surface area contributed by atoms with Crippen LogP contribution in [-0.2, 0) is 4.74 Å². The second-order valence-corrected chi connectivity index (χ2v) is 5.60. The molecule has 2 aliphatic rings. The summed E-state index contributed by atoms with van der Waals surface area (Å²) in [5.74, 6) is 0. The van der Waals surface area contributed by atoms with E-state index < -0.39 is 0 Å². The van der Waals surface area contributed by atoms with Crippen molar-refractivity contribution in [2.24, 2.45) is 5.73 Å². The quantitative estimate of drug-likeness (QED) is 0.831. The SMILES string of the molecule is CC1CN(CC2CCCN2CCN)CC(C)O1.Cl. The maximum absolute atomic E-state index is 5.78. The Morgan fingerprint density at radius 3 is 2.50 bits per heavy atom. The van der Waals surface area contributed by atoms with Crippen molar-refractivity contribution in [1.29, 1.82) is 0 Å². The molecule has 2 fully saturated rings. The fourth-order valence-electron chi connectivity index (χ4n) is 3.29. The molecule has 108 valence electrons. The number of hydrogen-bond acceptors (Lipinski definition) is 4. The minimum atomic E-state index is 0. The Hall–Kier alpha value is 0.130. The van der Waals surface area contributed by atoms with Gasteiger partial charge >= 0.3 is 0 Å². The van der Waals surface area contributed by atoms with Crippen LogP contribution < -0.4 is 5.73 Å². The number of hydrogen-bond donors (Lipinski definition) is 1. The highest BCUT2D eigenvalue weighted by molar-refractivity contribution is 5.85. The van der Waals surface area contributed by atoms with Gasteiger partial charge in [0, 0.05) is 38.8 Å². The minimum absolute atomic E-state index is 0. The zero-order chi connectivity index (χ0) is 12.3. The Balaban J connectivity index is 0.00000162. The van der Waals surface area contributed by atoms with Crippen LogP contribution in [0, 0.1) is 0 Å². The molecule has 2 rings (SSSR count). The van der Waals surface area contributed by atoms with E-state index in [1.807, 2.05) is 0 Å². The summed E-state index contributed by atoms with van der Waals surface area (Å²) in [7, 11) is 0. The molecular formula is C13H28ClN3O. The molecule has 0 amide bonds. The van der Waals surface area contributed by atoms with Crippen molar-refractivity contribution < 1.29 is 4.74 Å². The Morgan fingerprint density at radius 2 is 1.89 bits per heavy atom. The highest BCUT2D eigenvalue weighted by atomic mass is 35.5. The van der Waals surface area contributed by atoms with Crippen LogP contribution in [0.1, 0.15) is 26.7 Å². The number of ether oxygens (including phenoxy) is 1. The first-order chi connectivity index (χ1) is 8.19. The molecular weight excluding hydrogens is 250 g/mol. The molecule has 2 N–H and O–H groups in total. The Kier molecular flexibility index (Phi) is 6.88. The first-order valence-electron chi connectivity index (χ1n) is 7.01. The Morgan fingerprint density at radius 1 is 1.22 bits per heavy atom. The molecule has 0 aromatic heterocycles. The summed E-state index contributed by atoms with van der Waals surface area (Å²) in [6.45, 7) is 10.8. The smallest absolute Gasteiger partial charge is 0.0678 e. The lowest BCUT2D eigenvalue weighted by Crippen LogP contribution is -2.50. The van der Waals surface area contributed by atoms with Gasteiger partial charge in [-0.1, -0.05) is 0 Å². The van der Waals surface area contributed by atoms with E-state index in [4.69, 9.17) is 10.5 Å². The summed E-state index contributed by atoms with van der Waals surface area (Å²) in [5, 5.41) is 0. The fraction of sp³-hybridized carbons (Fsp3) is 1.00. The number of rotatable bonds is 4. The van der Waals surface area contributed by atoms with E-state index in [1.54, 1.807) is 0 Å². The maximum atomic E-state index is 5.78. The van der Waals surface area contributed by atoms with E-state index in [9.17, 15) is 0 Å². The van der Waals surface area contributed by atoms with Crippen LogP contribution in [0.25, 0.3) is 0 Å². The summed E-state index contributed by atoms with van der Waals surface area (Å²) in [5.41, 5.74) is 5.67. The lowest BCUT2D eigenvalue weighted by atomic mass is 10.1. The van der Waals surface area contributed by atoms with Gasteiger partial charge in [0.2, 0.25) is 0 Å². The van der Waals surface area contributed by atoms with Crippen LogP contribution >= 0.6 is 12.4 Å². The third kappa shape index (κ3) is 4.35. The molecule has 2 heterocycles. The molecule has 0 bridgehead atoms. The van der Waals surface area contributed by atoms with Gasteiger partial charge in [-0.3, -0.25) is 9.80 Å². The van der Waals surface area contributed by atoms with Crippen molar-refractivity contribution in [3.63, 3.8) is 0 Å². The highest BCUT2D eigenvalue weighted by Crippen LogP contribution is 2.19. The zero-order valence-corrected chi connectivity index (χ0v) is 12.5. The van der Waals surface area contributed by atoms with Gasteiger partial charge in [0.05, 0.1) is 12.2 Å². The number of nitrogens with two attached hydrogens (primary N) is 1. The number of nitrogens with zero attached hydrogens (tertiary/aromatic N) is 2. The molecule has 2 aliphatic heterocycles. The van der Waals surface area contributed by atoms with Crippen LogP contribution in [0.3, 0.4) is 0 Å². The lowest BCUT2D eigenvalue weighted by Gasteiger charge is -2.38. The standard InChI is InChI=1S/C13H27N3O.ClH/c1-11-8-15(9-12(2)17-11)10-13-4-3-6-16(13)7-5-14;/h11-13H,3-10,14H2,1-2H3;1H. The van der Waals surface area contributed by atoms with Crippen LogP contribution in [0.2, 0.25) is 0 Å². The van der Waals surface area contributed by atoms with Gasteiger partial charge < -0.3 is 10.5 Å². The molecule has 3 atom stereocenters. The van der Waals surface area contributed by atoms with Crippen molar-refractivity contribution in [2.45, 2.75) is 44.9 Å². The van der Waals surface area contributed by atoms with Gasteiger partial charge in [-0.2, -0.15) is 0 Å². The van der Waals surface area contributed by atoms with E-state index in [1.165, 1.54) is 25.9 Å². The molecule has 0 spiro atoms. The normalized spacial score (nSPS) is 34.5. The second-order valence-electron chi connectivity index (χ2n) is 5.60. The highest BCUT2D eigenvalue weighted by Gasteiger charge is 2.29. The summed E-state index contributed by atoms with van der Waals surface area (Å²) in [6, 6.07) is 0.719. The van der Waals surface area contributed by atoms with Crippen LogP contribution in [0.15, 0.2) is 0 Å². The third-order valence-corrected chi connectivity index (χ3v) is 3.88. The average Bonchev–Trinajstić information content (AvgIpc) is 2.65. The van der Waals surface area contributed by atoms with Gasteiger partial charge in [-0.05, 0) is 33.2 Å². The maximum Gasteiger partial charge on any atom is 0.0678 e. The molecule has 4 nitrogen and oxygen atoms in total. The molecule has 0 aromatic carbocycles. The van der Waals surface area contributed by atoms with E-state index in [0.29, 0.717) is 12.2 Å². The van der Waals surface area contributed by atoms with Crippen molar-refractivity contribution in [2.75, 3.05) is 39.3 Å². The zero-order valence-electron chi connectivity index (χ0n) is 11.7. The number of likely N-dealkylation sites (tertiary alicyclic amines) is 1. The van der Waals surface area contributed by atoms with E-state index in [0.717, 1.165) is 32.2 Å². The summed E-state index contributed by atoms with van der Waals surface area (Å²) in [6.07, 6.45) is 3.42. The van der Waals surface area contributed by atoms with Gasteiger partial charge in [0.1, 0.15) is 0 Å². The number of morpholine rings is 1. The van der Waals surface area contributed by atoms with Gasteiger partial charge in [0.25, 0.3) is 0 Å². The molecule has 0 aromatic rings. The van der Waals surface area contributed by atoms with Gasteiger partial charge in [-0.15, -0.1) is 12.4 Å². The topological polar surface area (TPSA) is 41.7 Å². The molecule has 3 unspecified atom stereocenters. The molecule has 0 saturated carbocycles. The molecule has 2 saturated heterocycles. The van der Waals surface area contributed by atoms with E-state index in [-0.39, 0.29) is 12.4 Å². The lowest BCUT2D eigenvalue weighted by molar-refractivity contribution is -0.0722. The third-order valence-electron chi connectivity index (χ3n) is 3.88. The van der Waals surface area contributed by atoms with Crippen LogP contribution in [0.5, 0.6) is 0 Å². The van der Waals surface area contributed by atoms with Crippen LogP contribution in [-0.4, -0.2) is 67.3 Å². The molecule has 0 radical (unpaired) electrons. The van der Waals surface area contributed by atoms with Gasteiger partial charge in [-0.25, -0.2) is 0 Å². The average molecular weight is 278 g/mol. The van der Waals surface area contributed by atoms with Crippen molar-refractivity contribution in [1.82, 2.24) is 9.80 Å². The van der Waals surface area contributed by atoms with E-state index in [2.05, 4.69) is 23.6 Å². The summed E-state index contributed by atoms with van der Waals surface area (Å²) in [4.78, 5) is 5.13. The predicted molar refractivity (Wildman–Crippen MR) is 77.3 cm³/mol. The second kappa shape index (κ2) is 7.65. The Labute approximate surface area is 117 Å². The monoisotopic (exact) mass is 277 g/mol. The van der Waals surface area contributed by atoms with Gasteiger partial charge in [0.15, 0.2) is 0 Å². The van der Waals surface area contributed by atoms with Crippen LogP contribution in [0.4, 0.5) is 0 Å². The summed E-state index contributed by atoms with van der Waals surface area (Å²) >= 11 is 0. The molecule has 0 aliphatic carbocycles. The molecule has 5 heteroatoms.